The molecule has 0 radical (unpaired) electrons. The lowest BCUT2D eigenvalue weighted by Gasteiger charge is -2.27. The summed E-state index contributed by atoms with van der Waals surface area (Å²) < 4.78 is 5.31. The monoisotopic (exact) mass is 241 g/mol. The molecule has 0 aromatic carbocycles. The first-order valence-corrected chi connectivity index (χ1v) is 6.79. The molecule has 2 aliphatic rings. The number of carbonyl (C=O) groups excluding carboxylic acids is 1. The summed E-state index contributed by atoms with van der Waals surface area (Å²) in [7, 11) is 0. The fourth-order valence-electron chi connectivity index (χ4n) is 2.78. The van der Waals surface area contributed by atoms with Crippen LogP contribution in [0.15, 0.2) is 0 Å². The number of rotatable bonds is 3. The van der Waals surface area contributed by atoms with Gasteiger partial charge < -0.3 is 15.2 Å². The number of amides is 1. The molecule has 2 N–H and O–H groups in total. The molecule has 2 rings (SSSR count). The molecule has 1 saturated heterocycles. The maximum Gasteiger partial charge on any atom is 0.225 e. The molecule has 0 spiro atoms. The third-order valence-corrected chi connectivity index (χ3v) is 3.85. The van der Waals surface area contributed by atoms with Gasteiger partial charge >= 0.3 is 0 Å². The summed E-state index contributed by atoms with van der Waals surface area (Å²) in [6.07, 6.45) is 5.72. The SMILES string of the molecule is O=C(NCC1CCCC(O)C1)C1CCCOC1. The minimum absolute atomic E-state index is 0.0391. The Morgan fingerprint density at radius 3 is 2.88 bits per heavy atom. The van der Waals surface area contributed by atoms with E-state index in [4.69, 9.17) is 4.74 Å². The molecule has 17 heavy (non-hydrogen) atoms. The van der Waals surface area contributed by atoms with Gasteiger partial charge in [0.1, 0.15) is 0 Å². The fraction of sp³-hybridized carbons (Fsp3) is 0.923. The predicted molar refractivity (Wildman–Crippen MR) is 64.5 cm³/mol. The Balaban J connectivity index is 1.68. The van der Waals surface area contributed by atoms with Crippen LogP contribution in [0.3, 0.4) is 0 Å². The molecule has 4 nitrogen and oxygen atoms in total. The molecule has 3 atom stereocenters. The van der Waals surface area contributed by atoms with Gasteiger partial charge in [-0.25, -0.2) is 0 Å². The first-order valence-electron chi connectivity index (χ1n) is 6.79. The minimum Gasteiger partial charge on any atom is -0.393 e. The van der Waals surface area contributed by atoms with Crippen LogP contribution in [0.25, 0.3) is 0 Å². The third-order valence-electron chi connectivity index (χ3n) is 3.85. The average molecular weight is 241 g/mol. The van der Waals surface area contributed by atoms with Crippen molar-refractivity contribution in [1.29, 1.82) is 0 Å². The van der Waals surface area contributed by atoms with Gasteiger partial charge in [0.05, 0.1) is 18.6 Å². The number of hydrogen-bond acceptors (Lipinski definition) is 3. The van der Waals surface area contributed by atoms with Gasteiger partial charge in [-0.3, -0.25) is 4.79 Å². The van der Waals surface area contributed by atoms with E-state index >= 15 is 0 Å². The van der Waals surface area contributed by atoms with E-state index in [0.29, 0.717) is 19.1 Å². The van der Waals surface area contributed by atoms with Crippen LogP contribution in [0.2, 0.25) is 0 Å². The number of carbonyl (C=O) groups is 1. The Morgan fingerprint density at radius 2 is 2.18 bits per heavy atom. The maximum atomic E-state index is 11.9. The van der Waals surface area contributed by atoms with E-state index in [9.17, 15) is 9.90 Å². The summed E-state index contributed by atoms with van der Waals surface area (Å²) in [4.78, 5) is 11.9. The summed E-state index contributed by atoms with van der Waals surface area (Å²) in [6.45, 7) is 2.07. The van der Waals surface area contributed by atoms with Gasteiger partial charge in [0.25, 0.3) is 0 Å². The maximum absolute atomic E-state index is 11.9. The smallest absolute Gasteiger partial charge is 0.225 e. The highest BCUT2D eigenvalue weighted by Gasteiger charge is 2.24. The zero-order chi connectivity index (χ0) is 12.1. The molecule has 0 aromatic heterocycles. The van der Waals surface area contributed by atoms with Gasteiger partial charge in [-0.1, -0.05) is 6.42 Å². The summed E-state index contributed by atoms with van der Waals surface area (Å²) in [6, 6.07) is 0. The summed E-state index contributed by atoms with van der Waals surface area (Å²) in [5.41, 5.74) is 0. The molecule has 1 heterocycles. The standard InChI is InChI=1S/C13H23NO3/c15-12-5-1-3-10(7-12)8-14-13(16)11-4-2-6-17-9-11/h10-12,15H,1-9H2,(H,14,16). The van der Waals surface area contributed by atoms with Crippen LogP contribution in [0.4, 0.5) is 0 Å². The van der Waals surface area contributed by atoms with Crippen LogP contribution >= 0.6 is 0 Å². The number of hydrogen-bond donors (Lipinski definition) is 2. The lowest BCUT2D eigenvalue weighted by atomic mass is 9.87. The normalized spacial score (nSPS) is 34.3. The molecule has 98 valence electrons. The van der Waals surface area contributed by atoms with Crippen LogP contribution in [0, 0.1) is 11.8 Å². The van der Waals surface area contributed by atoms with E-state index < -0.39 is 0 Å². The summed E-state index contributed by atoms with van der Waals surface area (Å²) >= 11 is 0. The summed E-state index contributed by atoms with van der Waals surface area (Å²) in [5.74, 6) is 0.620. The number of aliphatic hydroxyl groups is 1. The average Bonchev–Trinajstić information content (AvgIpc) is 2.37. The molecule has 1 aliphatic heterocycles. The van der Waals surface area contributed by atoms with Gasteiger partial charge in [-0.15, -0.1) is 0 Å². The molecule has 4 heteroatoms. The Kier molecular flexibility index (Phi) is 4.80. The van der Waals surface area contributed by atoms with Gasteiger partial charge in [0.2, 0.25) is 5.91 Å². The van der Waals surface area contributed by atoms with E-state index in [-0.39, 0.29) is 17.9 Å². The first-order chi connectivity index (χ1) is 8.25. The highest BCUT2D eigenvalue weighted by molar-refractivity contribution is 5.78. The zero-order valence-electron chi connectivity index (χ0n) is 10.4. The second kappa shape index (κ2) is 6.36. The molecule has 1 saturated carbocycles. The van der Waals surface area contributed by atoms with Gasteiger partial charge in [-0.2, -0.15) is 0 Å². The Hall–Kier alpha value is -0.610. The van der Waals surface area contributed by atoms with Crippen molar-refractivity contribution in [2.24, 2.45) is 11.8 Å². The topological polar surface area (TPSA) is 58.6 Å². The van der Waals surface area contributed by atoms with Gasteiger partial charge in [0, 0.05) is 13.2 Å². The van der Waals surface area contributed by atoms with Crippen LogP contribution in [-0.2, 0) is 9.53 Å². The number of nitrogens with one attached hydrogen (secondary N) is 1. The molecular formula is C13H23NO3. The van der Waals surface area contributed by atoms with E-state index in [0.717, 1.165) is 45.1 Å². The highest BCUT2D eigenvalue weighted by Crippen LogP contribution is 2.23. The molecule has 3 unspecified atom stereocenters. The lowest BCUT2D eigenvalue weighted by molar-refractivity contribution is -0.129. The van der Waals surface area contributed by atoms with Crippen molar-refractivity contribution in [3.05, 3.63) is 0 Å². The van der Waals surface area contributed by atoms with Crippen LogP contribution in [0.5, 0.6) is 0 Å². The molecule has 0 aromatic rings. The van der Waals surface area contributed by atoms with Crippen molar-refractivity contribution in [2.75, 3.05) is 19.8 Å². The Bertz CT molecular complexity index is 251. The van der Waals surface area contributed by atoms with Gasteiger partial charge in [-0.05, 0) is 38.0 Å². The quantitative estimate of drug-likeness (QED) is 0.777. The van der Waals surface area contributed by atoms with Crippen molar-refractivity contribution in [3.63, 3.8) is 0 Å². The van der Waals surface area contributed by atoms with E-state index in [1.807, 2.05) is 0 Å². The Morgan fingerprint density at radius 1 is 1.29 bits per heavy atom. The molecule has 1 aliphatic carbocycles. The zero-order valence-corrected chi connectivity index (χ0v) is 10.4. The van der Waals surface area contributed by atoms with Crippen LogP contribution < -0.4 is 5.32 Å². The van der Waals surface area contributed by atoms with Crippen molar-refractivity contribution < 1.29 is 14.6 Å². The second-order valence-corrected chi connectivity index (χ2v) is 5.35. The second-order valence-electron chi connectivity index (χ2n) is 5.35. The van der Waals surface area contributed by atoms with Gasteiger partial charge in [0.15, 0.2) is 0 Å². The molecule has 2 fully saturated rings. The van der Waals surface area contributed by atoms with Crippen molar-refractivity contribution in [2.45, 2.75) is 44.6 Å². The number of ether oxygens (including phenoxy) is 1. The van der Waals surface area contributed by atoms with E-state index in [2.05, 4.69) is 5.32 Å². The molecule has 0 bridgehead atoms. The highest BCUT2D eigenvalue weighted by atomic mass is 16.5. The molecular weight excluding hydrogens is 218 g/mol. The lowest BCUT2D eigenvalue weighted by Crippen LogP contribution is -2.39. The van der Waals surface area contributed by atoms with Crippen molar-refractivity contribution in [1.82, 2.24) is 5.32 Å². The minimum atomic E-state index is -0.163. The fourth-order valence-corrected chi connectivity index (χ4v) is 2.78. The van der Waals surface area contributed by atoms with Crippen molar-refractivity contribution in [3.8, 4) is 0 Å². The summed E-state index contributed by atoms with van der Waals surface area (Å²) in [5, 5.41) is 12.6. The number of aliphatic hydroxyl groups excluding tert-OH is 1. The largest absolute Gasteiger partial charge is 0.393 e. The first kappa shape index (κ1) is 12.8. The Labute approximate surface area is 103 Å². The van der Waals surface area contributed by atoms with Crippen LogP contribution in [-0.4, -0.2) is 36.9 Å². The molecule has 1 amide bonds. The third kappa shape index (κ3) is 3.96. The van der Waals surface area contributed by atoms with E-state index in [1.165, 1.54) is 0 Å². The predicted octanol–water partition coefficient (Wildman–Crippen LogP) is 1.08. The van der Waals surface area contributed by atoms with E-state index in [1.54, 1.807) is 0 Å². The van der Waals surface area contributed by atoms with Crippen molar-refractivity contribution >= 4 is 5.91 Å². The van der Waals surface area contributed by atoms with Crippen LogP contribution in [0.1, 0.15) is 38.5 Å².